The SMILES string of the molecule is Cc1cc(C)cc(-n2ccnc2SCC(=O)NCc2ccc(-n3cnc4ccccc43)nc2)c1. The van der Waals surface area contributed by atoms with Crippen LogP contribution in [0, 0.1) is 13.8 Å². The van der Waals surface area contributed by atoms with E-state index in [2.05, 4.69) is 52.3 Å². The molecule has 3 aromatic heterocycles. The Hall–Kier alpha value is -3.91. The van der Waals surface area contributed by atoms with Crippen molar-refractivity contribution in [3.63, 3.8) is 0 Å². The quantitative estimate of drug-likeness (QED) is 0.352. The standard InChI is InChI=1S/C26H24N6OS/c1-18-11-19(2)13-21(12-18)31-10-9-27-26(31)34-16-25(33)29-15-20-7-8-24(28-14-20)32-17-30-22-5-3-4-6-23(22)32/h3-14,17H,15-16H2,1-2H3,(H,29,33). The first-order valence-electron chi connectivity index (χ1n) is 11.0. The highest BCUT2D eigenvalue weighted by Gasteiger charge is 2.10. The number of carbonyl (C=O) groups excluding carboxylic acids is 1. The Bertz CT molecular complexity index is 1430. The van der Waals surface area contributed by atoms with Crippen LogP contribution in [-0.2, 0) is 11.3 Å². The summed E-state index contributed by atoms with van der Waals surface area (Å²) in [5, 5.41) is 3.76. The number of fused-ring (bicyclic) bond motifs is 1. The maximum absolute atomic E-state index is 12.5. The average molecular weight is 469 g/mol. The summed E-state index contributed by atoms with van der Waals surface area (Å²) in [6, 6.07) is 18.2. The minimum absolute atomic E-state index is 0.0512. The zero-order valence-electron chi connectivity index (χ0n) is 19.0. The molecule has 0 atom stereocenters. The maximum atomic E-state index is 12.5. The highest BCUT2D eigenvalue weighted by Crippen LogP contribution is 2.22. The third kappa shape index (κ3) is 4.72. The van der Waals surface area contributed by atoms with Gasteiger partial charge in [-0.2, -0.15) is 0 Å². The number of pyridine rings is 1. The Morgan fingerprint density at radius 1 is 0.971 bits per heavy atom. The van der Waals surface area contributed by atoms with E-state index < -0.39 is 0 Å². The predicted molar refractivity (Wildman–Crippen MR) is 134 cm³/mol. The van der Waals surface area contributed by atoms with Crippen LogP contribution in [0.4, 0.5) is 0 Å². The lowest BCUT2D eigenvalue weighted by molar-refractivity contribution is -0.118. The molecule has 0 bridgehead atoms. The van der Waals surface area contributed by atoms with E-state index in [0.29, 0.717) is 6.54 Å². The zero-order chi connectivity index (χ0) is 23.5. The second-order valence-electron chi connectivity index (χ2n) is 8.12. The molecule has 2 aromatic carbocycles. The Kier molecular flexibility index (Phi) is 6.14. The Balaban J connectivity index is 1.18. The first-order valence-corrected chi connectivity index (χ1v) is 11.9. The van der Waals surface area contributed by atoms with Gasteiger partial charge in [-0.15, -0.1) is 0 Å². The van der Waals surface area contributed by atoms with Gasteiger partial charge in [0.05, 0.1) is 16.8 Å². The van der Waals surface area contributed by atoms with Gasteiger partial charge in [0.25, 0.3) is 0 Å². The van der Waals surface area contributed by atoms with E-state index in [9.17, 15) is 4.79 Å². The van der Waals surface area contributed by atoms with Crippen LogP contribution in [0.2, 0.25) is 0 Å². The third-order valence-electron chi connectivity index (χ3n) is 5.42. The van der Waals surface area contributed by atoms with Crippen LogP contribution in [-0.4, -0.2) is 35.7 Å². The van der Waals surface area contributed by atoms with Crippen LogP contribution in [0.1, 0.15) is 16.7 Å². The molecular formula is C26H24N6OS. The third-order valence-corrected chi connectivity index (χ3v) is 6.39. The van der Waals surface area contributed by atoms with E-state index in [1.165, 1.54) is 22.9 Å². The number of nitrogens with one attached hydrogen (secondary N) is 1. The van der Waals surface area contributed by atoms with Crippen molar-refractivity contribution < 1.29 is 4.79 Å². The summed E-state index contributed by atoms with van der Waals surface area (Å²) < 4.78 is 3.96. The van der Waals surface area contributed by atoms with E-state index in [1.54, 1.807) is 18.7 Å². The van der Waals surface area contributed by atoms with Gasteiger partial charge in [0.1, 0.15) is 12.1 Å². The Morgan fingerprint density at radius 2 is 1.79 bits per heavy atom. The smallest absolute Gasteiger partial charge is 0.230 e. The molecule has 8 heteroatoms. The number of aryl methyl sites for hydroxylation is 2. The Labute approximate surface area is 201 Å². The molecule has 0 saturated heterocycles. The number of para-hydroxylation sites is 2. The summed E-state index contributed by atoms with van der Waals surface area (Å²) in [5.74, 6) is 1.02. The molecule has 3 heterocycles. The minimum Gasteiger partial charge on any atom is -0.351 e. The summed E-state index contributed by atoms with van der Waals surface area (Å²) in [6.07, 6.45) is 7.23. The lowest BCUT2D eigenvalue weighted by Crippen LogP contribution is -2.24. The molecule has 0 radical (unpaired) electrons. The fourth-order valence-electron chi connectivity index (χ4n) is 3.87. The number of carbonyl (C=O) groups is 1. The van der Waals surface area contributed by atoms with Gasteiger partial charge >= 0.3 is 0 Å². The van der Waals surface area contributed by atoms with Crippen LogP contribution in [0.5, 0.6) is 0 Å². The van der Waals surface area contributed by atoms with Crippen molar-refractivity contribution in [1.29, 1.82) is 0 Å². The first kappa shape index (κ1) is 21.9. The summed E-state index contributed by atoms with van der Waals surface area (Å²) in [6.45, 7) is 4.57. The van der Waals surface area contributed by atoms with Gasteiger partial charge in [0.2, 0.25) is 5.91 Å². The van der Waals surface area contributed by atoms with Crippen LogP contribution < -0.4 is 5.32 Å². The molecule has 0 unspecified atom stereocenters. The molecule has 34 heavy (non-hydrogen) atoms. The molecule has 1 N–H and O–H groups in total. The number of hydrogen-bond donors (Lipinski definition) is 1. The van der Waals surface area contributed by atoms with Crippen LogP contribution in [0.3, 0.4) is 0 Å². The zero-order valence-corrected chi connectivity index (χ0v) is 19.8. The number of hydrogen-bond acceptors (Lipinski definition) is 5. The highest BCUT2D eigenvalue weighted by atomic mass is 32.2. The number of amides is 1. The molecule has 5 aromatic rings. The number of aromatic nitrogens is 5. The van der Waals surface area contributed by atoms with E-state index in [1.807, 2.05) is 51.7 Å². The minimum atomic E-state index is -0.0512. The van der Waals surface area contributed by atoms with Crippen LogP contribution in [0.15, 0.2) is 84.7 Å². The molecular weight excluding hydrogens is 444 g/mol. The van der Waals surface area contributed by atoms with Crippen LogP contribution >= 0.6 is 11.8 Å². The maximum Gasteiger partial charge on any atom is 0.230 e. The van der Waals surface area contributed by atoms with Crippen LogP contribution in [0.25, 0.3) is 22.5 Å². The summed E-state index contributed by atoms with van der Waals surface area (Å²) in [5.41, 5.74) is 6.30. The number of benzene rings is 2. The lowest BCUT2D eigenvalue weighted by Gasteiger charge is -2.10. The highest BCUT2D eigenvalue weighted by molar-refractivity contribution is 7.99. The van der Waals surface area contributed by atoms with Gasteiger partial charge in [0, 0.05) is 30.8 Å². The molecule has 5 rings (SSSR count). The van der Waals surface area contributed by atoms with Gasteiger partial charge in [-0.3, -0.25) is 13.9 Å². The largest absolute Gasteiger partial charge is 0.351 e. The summed E-state index contributed by atoms with van der Waals surface area (Å²) in [4.78, 5) is 25.8. The molecule has 0 saturated carbocycles. The number of rotatable bonds is 7. The summed E-state index contributed by atoms with van der Waals surface area (Å²) >= 11 is 1.42. The monoisotopic (exact) mass is 468 g/mol. The van der Waals surface area contributed by atoms with Gasteiger partial charge in [-0.1, -0.05) is 36.0 Å². The van der Waals surface area contributed by atoms with Gasteiger partial charge in [-0.05, 0) is 60.9 Å². The number of thioether (sulfide) groups is 1. The predicted octanol–water partition coefficient (Wildman–Crippen LogP) is 4.63. The molecule has 0 spiro atoms. The van der Waals surface area contributed by atoms with Gasteiger partial charge in [0.15, 0.2) is 5.16 Å². The second kappa shape index (κ2) is 9.52. The Morgan fingerprint density at radius 3 is 2.59 bits per heavy atom. The van der Waals surface area contributed by atoms with Crippen molar-refractivity contribution in [3.05, 3.63) is 96.2 Å². The van der Waals surface area contributed by atoms with E-state index in [-0.39, 0.29) is 11.7 Å². The van der Waals surface area contributed by atoms with E-state index in [4.69, 9.17) is 0 Å². The number of imidazole rings is 2. The van der Waals surface area contributed by atoms with Crippen molar-refractivity contribution in [2.24, 2.45) is 0 Å². The molecule has 7 nitrogen and oxygen atoms in total. The van der Waals surface area contributed by atoms with Gasteiger partial charge in [-0.25, -0.2) is 15.0 Å². The second-order valence-corrected chi connectivity index (χ2v) is 9.06. The van der Waals surface area contributed by atoms with E-state index in [0.717, 1.165) is 33.3 Å². The van der Waals surface area contributed by atoms with Crippen molar-refractivity contribution in [3.8, 4) is 11.5 Å². The van der Waals surface area contributed by atoms with Crippen molar-refractivity contribution in [2.45, 2.75) is 25.5 Å². The normalized spacial score (nSPS) is 11.1. The first-order chi connectivity index (χ1) is 16.6. The topological polar surface area (TPSA) is 77.6 Å². The fourth-order valence-corrected chi connectivity index (χ4v) is 4.67. The molecule has 0 aliphatic heterocycles. The lowest BCUT2D eigenvalue weighted by atomic mass is 10.1. The molecule has 0 aliphatic rings. The van der Waals surface area contributed by atoms with Crippen molar-refractivity contribution >= 4 is 28.7 Å². The molecule has 0 fully saturated rings. The summed E-state index contributed by atoms with van der Waals surface area (Å²) in [7, 11) is 0. The molecule has 0 aliphatic carbocycles. The van der Waals surface area contributed by atoms with E-state index >= 15 is 0 Å². The molecule has 170 valence electrons. The fraction of sp³-hybridized carbons (Fsp3) is 0.154. The van der Waals surface area contributed by atoms with Crippen molar-refractivity contribution in [1.82, 2.24) is 29.4 Å². The van der Waals surface area contributed by atoms with Crippen molar-refractivity contribution in [2.75, 3.05) is 5.75 Å². The molecule has 1 amide bonds. The van der Waals surface area contributed by atoms with Gasteiger partial charge < -0.3 is 5.32 Å². The number of nitrogens with zero attached hydrogens (tertiary/aromatic N) is 5. The average Bonchev–Trinajstić information content (AvgIpc) is 3.48.